The number of pyridine rings is 1. The van der Waals surface area contributed by atoms with E-state index in [4.69, 9.17) is 0 Å². The first-order valence-electron chi connectivity index (χ1n) is 10.5. The predicted molar refractivity (Wildman–Crippen MR) is 113 cm³/mol. The highest BCUT2D eigenvalue weighted by Gasteiger charge is 2.31. The maximum Gasteiger partial charge on any atom is 0.191 e. The molecule has 0 unspecified atom stereocenters. The Bertz CT molecular complexity index is 615. The molecule has 1 saturated heterocycles. The fraction of sp³-hybridized carbons (Fsp3) is 0.714. The molecule has 0 spiro atoms. The zero-order valence-electron chi connectivity index (χ0n) is 17.3. The van der Waals surface area contributed by atoms with Gasteiger partial charge >= 0.3 is 0 Å². The molecule has 0 aromatic carbocycles. The number of piperazine rings is 1. The van der Waals surface area contributed by atoms with Gasteiger partial charge in [0.05, 0.1) is 0 Å². The molecule has 6 heteroatoms. The molecule has 1 saturated carbocycles. The van der Waals surface area contributed by atoms with E-state index in [-0.39, 0.29) is 0 Å². The van der Waals surface area contributed by atoms with Gasteiger partial charge in [-0.05, 0) is 49.4 Å². The minimum Gasteiger partial charge on any atom is -0.356 e. The second-order valence-corrected chi connectivity index (χ2v) is 8.15. The number of anilines is 1. The van der Waals surface area contributed by atoms with E-state index in [9.17, 15) is 0 Å². The summed E-state index contributed by atoms with van der Waals surface area (Å²) in [6.45, 7) is 8.39. The van der Waals surface area contributed by atoms with Crippen LogP contribution in [-0.2, 0) is 6.54 Å². The molecule has 27 heavy (non-hydrogen) atoms. The summed E-state index contributed by atoms with van der Waals surface area (Å²) in [6, 6.07) is 4.29. The number of rotatable bonds is 6. The van der Waals surface area contributed by atoms with Crippen LogP contribution in [0.15, 0.2) is 23.3 Å². The lowest BCUT2D eigenvalue weighted by molar-refractivity contribution is 0.283. The van der Waals surface area contributed by atoms with Crippen LogP contribution in [0.5, 0.6) is 0 Å². The summed E-state index contributed by atoms with van der Waals surface area (Å²) >= 11 is 0. The van der Waals surface area contributed by atoms with Gasteiger partial charge in [0.15, 0.2) is 5.96 Å². The van der Waals surface area contributed by atoms with Crippen LogP contribution in [0.2, 0.25) is 0 Å². The number of nitrogens with one attached hydrogen (secondary N) is 2. The minimum atomic E-state index is 0.461. The molecule has 2 fully saturated rings. The average molecular weight is 373 g/mol. The summed E-state index contributed by atoms with van der Waals surface area (Å²) < 4.78 is 0. The third-order valence-electron chi connectivity index (χ3n) is 6.37. The molecule has 0 radical (unpaired) electrons. The highest BCUT2D eigenvalue weighted by Crippen LogP contribution is 2.40. The lowest BCUT2D eigenvalue weighted by atomic mass is 9.83. The number of hydrogen-bond acceptors (Lipinski definition) is 4. The maximum absolute atomic E-state index is 4.58. The largest absolute Gasteiger partial charge is 0.356 e. The summed E-state index contributed by atoms with van der Waals surface area (Å²) in [5.41, 5.74) is 1.70. The Kier molecular flexibility index (Phi) is 6.94. The standard InChI is InChI=1S/C21H36N6/c1-4-21(8-5-6-9-21)17-25-20(22-2)24-16-18-7-10-23-19(15-18)27-13-11-26(3)12-14-27/h7,10,15H,4-6,8-9,11-14,16-17H2,1-3H3,(H2,22,24,25). The summed E-state index contributed by atoms with van der Waals surface area (Å²) in [6.07, 6.45) is 8.58. The first-order valence-corrected chi connectivity index (χ1v) is 10.5. The minimum absolute atomic E-state index is 0.461. The van der Waals surface area contributed by atoms with Gasteiger partial charge in [0.25, 0.3) is 0 Å². The first-order chi connectivity index (χ1) is 13.1. The van der Waals surface area contributed by atoms with Gasteiger partial charge in [0, 0.05) is 52.5 Å². The summed E-state index contributed by atoms with van der Waals surface area (Å²) in [5, 5.41) is 7.04. The molecule has 6 nitrogen and oxygen atoms in total. The van der Waals surface area contributed by atoms with Gasteiger partial charge in [-0.1, -0.05) is 19.8 Å². The Morgan fingerprint density at radius 2 is 1.93 bits per heavy atom. The molecule has 1 aromatic rings. The van der Waals surface area contributed by atoms with Crippen LogP contribution in [0.25, 0.3) is 0 Å². The third-order valence-corrected chi connectivity index (χ3v) is 6.37. The van der Waals surface area contributed by atoms with Gasteiger partial charge in [-0.25, -0.2) is 4.98 Å². The van der Waals surface area contributed by atoms with E-state index in [1.165, 1.54) is 37.7 Å². The fourth-order valence-electron chi connectivity index (χ4n) is 4.24. The van der Waals surface area contributed by atoms with Crippen molar-refractivity contribution in [3.8, 4) is 0 Å². The topological polar surface area (TPSA) is 55.8 Å². The Morgan fingerprint density at radius 3 is 2.59 bits per heavy atom. The van der Waals surface area contributed by atoms with E-state index < -0.39 is 0 Å². The summed E-state index contributed by atoms with van der Waals surface area (Å²) in [5.74, 6) is 1.98. The number of guanidine groups is 1. The molecular formula is C21H36N6. The van der Waals surface area contributed by atoms with Crippen LogP contribution in [0.4, 0.5) is 5.82 Å². The van der Waals surface area contributed by atoms with Gasteiger partial charge in [0.2, 0.25) is 0 Å². The molecule has 1 aromatic heterocycles. The fourth-order valence-corrected chi connectivity index (χ4v) is 4.24. The molecule has 2 N–H and O–H groups in total. The van der Waals surface area contributed by atoms with E-state index >= 15 is 0 Å². The van der Waals surface area contributed by atoms with Gasteiger partial charge in [-0.2, -0.15) is 0 Å². The number of hydrogen-bond donors (Lipinski definition) is 2. The van der Waals surface area contributed by atoms with Crippen molar-refractivity contribution in [3.63, 3.8) is 0 Å². The smallest absolute Gasteiger partial charge is 0.191 e. The van der Waals surface area contributed by atoms with Crippen LogP contribution >= 0.6 is 0 Å². The quantitative estimate of drug-likeness (QED) is 0.593. The van der Waals surface area contributed by atoms with Gasteiger partial charge in [-0.15, -0.1) is 0 Å². The first kappa shape index (κ1) is 19.9. The molecule has 0 bridgehead atoms. The highest BCUT2D eigenvalue weighted by atomic mass is 15.3. The van der Waals surface area contributed by atoms with E-state index in [0.717, 1.165) is 51.0 Å². The normalized spacial score (nSPS) is 20.7. The molecule has 3 rings (SSSR count). The van der Waals surface area contributed by atoms with Crippen molar-refractivity contribution in [2.45, 2.75) is 45.6 Å². The highest BCUT2D eigenvalue weighted by molar-refractivity contribution is 5.79. The van der Waals surface area contributed by atoms with Crippen LogP contribution in [0.1, 0.15) is 44.6 Å². The maximum atomic E-state index is 4.58. The molecule has 1 aliphatic carbocycles. The number of aromatic nitrogens is 1. The molecular weight excluding hydrogens is 336 g/mol. The number of aliphatic imine (C=N–C) groups is 1. The molecule has 0 amide bonds. The Morgan fingerprint density at radius 1 is 1.19 bits per heavy atom. The van der Waals surface area contributed by atoms with Crippen molar-refractivity contribution in [1.82, 2.24) is 20.5 Å². The van der Waals surface area contributed by atoms with E-state index in [1.54, 1.807) is 0 Å². The Hall–Kier alpha value is -1.82. The van der Waals surface area contributed by atoms with Crippen molar-refractivity contribution in [2.75, 3.05) is 51.7 Å². The van der Waals surface area contributed by atoms with Crippen LogP contribution in [0, 0.1) is 5.41 Å². The zero-order valence-corrected chi connectivity index (χ0v) is 17.3. The molecule has 2 aliphatic rings. The second kappa shape index (κ2) is 9.40. The van der Waals surface area contributed by atoms with Crippen LogP contribution in [0.3, 0.4) is 0 Å². The van der Waals surface area contributed by atoms with Gasteiger partial charge in [0.1, 0.15) is 5.82 Å². The van der Waals surface area contributed by atoms with Crippen molar-refractivity contribution >= 4 is 11.8 Å². The van der Waals surface area contributed by atoms with Crippen molar-refractivity contribution in [1.29, 1.82) is 0 Å². The Labute approximate surface area is 164 Å². The molecule has 1 aliphatic heterocycles. The lowest BCUT2D eigenvalue weighted by Crippen LogP contribution is -2.45. The predicted octanol–water partition coefficient (Wildman–Crippen LogP) is 2.47. The summed E-state index contributed by atoms with van der Waals surface area (Å²) in [4.78, 5) is 13.7. The van der Waals surface area contributed by atoms with E-state index in [2.05, 4.69) is 56.5 Å². The SMILES string of the molecule is CCC1(CNC(=NC)NCc2ccnc(N3CCN(C)CC3)c2)CCCC1. The zero-order chi connectivity index (χ0) is 19.1. The van der Waals surface area contributed by atoms with Gasteiger partial charge < -0.3 is 20.4 Å². The molecule has 0 atom stereocenters. The van der Waals surface area contributed by atoms with Crippen LogP contribution in [-0.4, -0.2) is 62.7 Å². The summed E-state index contributed by atoms with van der Waals surface area (Å²) in [7, 11) is 4.03. The third kappa shape index (κ3) is 5.34. The average Bonchev–Trinajstić information content (AvgIpc) is 3.18. The molecule has 150 valence electrons. The molecule has 2 heterocycles. The van der Waals surface area contributed by atoms with Gasteiger partial charge in [-0.3, -0.25) is 4.99 Å². The lowest BCUT2D eigenvalue weighted by Gasteiger charge is -2.33. The number of nitrogens with zero attached hydrogens (tertiary/aromatic N) is 4. The Balaban J connectivity index is 1.51. The van der Waals surface area contributed by atoms with E-state index in [0.29, 0.717) is 5.41 Å². The monoisotopic (exact) mass is 372 g/mol. The second-order valence-electron chi connectivity index (χ2n) is 8.15. The van der Waals surface area contributed by atoms with E-state index in [1.807, 2.05) is 13.2 Å². The number of likely N-dealkylation sites (N-methyl/N-ethyl adjacent to an activating group) is 1. The van der Waals surface area contributed by atoms with Crippen molar-refractivity contribution in [3.05, 3.63) is 23.9 Å². The van der Waals surface area contributed by atoms with Crippen molar-refractivity contribution in [2.24, 2.45) is 10.4 Å². The van der Waals surface area contributed by atoms with Crippen molar-refractivity contribution < 1.29 is 0 Å². The van der Waals surface area contributed by atoms with Crippen LogP contribution < -0.4 is 15.5 Å².